The van der Waals surface area contributed by atoms with Crippen molar-refractivity contribution in [2.24, 2.45) is 5.92 Å². The van der Waals surface area contributed by atoms with Gasteiger partial charge in [-0.3, -0.25) is 29.8 Å². The molecule has 0 spiro atoms. The molecule has 1 aromatic rings. The summed E-state index contributed by atoms with van der Waals surface area (Å²) in [7, 11) is 0. The van der Waals surface area contributed by atoms with Crippen LogP contribution in [0.3, 0.4) is 0 Å². The van der Waals surface area contributed by atoms with Crippen LogP contribution in [-0.4, -0.2) is 45.7 Å². The van der Waals surface area contributed by atoms with E-state index in [1.54, 1.807) is 18.7 Å². The summed E-state index contributed by atoms with van der Waals surface area (Å²) in [4.78, 5) is 46.9. The van der Waals surface area contributed by atoms with Crippen molar-refractivity contribution >= 4 is 23.2 Å². The van der Waals surface area contributed by atoms with Gasteiger partial charge in [0.2, 0.25) is 5.91 Å². The minimum absolute atomic E-state index is 0.235. The highest BCUT2D eigenvalue weighted by atomic mass is 16.6. The number of carbonyl (C=O) groups excluding carboxylic acids is 2. The summed E-state index contributed by atoms with van der Waals surface area (Å²) in [6.07, 6.45) is 0. The third-order valence-corrected chi connectivity index (χ3v) is 3.88. The second-order valence-corrected chi connectivity index (χ2v) is 5.96. The lowest BCUT2D eigenvalue weighted by Crippen LogP contribution is -2.51. The number of amides is 2. The van der Waals surface area contributed by atoms with Crippen molar-refractivity contribution in [2.45, 2.75) is 33.7 Å². The summed E-state index contributed by atoms with van der Waals surface area (Å²) < 4.78 is 0. The van der Waals surface area contributed by atoms with E-state index in [-0.39, 0.29) is 17.4 Å². The van der Waals surface area contributed by atoms with Crippen LogP contribution in [0.15, 0.2) is 18.2 Å². The van der Waals surface area contributed by atoms with E-state index in [2.05, 4.69) is 5.32 Å². The molecule has 0 bridgehead atoms. The first-order valence-corrected chi connectivity index (χ1v) is 8.15. The molecule has 0 aromatic heterocycles. The molecule has 142 valence electrons. The number of rotatable bonds is 8. The molecule has 26 heavy (non-hydrogen) atoms. The molecule has 0 aliphatic rings. The minimum Gasteiger partial charge on any atom is -0.341 e. The third kappa shape index (κ3) is 4.98. The van der Waals surface area contributed by atoms with Gasteiger partial charge in [-0.05, 0) is 19.8 Å². The zero-order valence-electron chi connectivity index (χ0n) is 15.1. The Morgan fingerprint density at radius 1 is 1.04 bits per heavy atom. The van der Waals surface area contributed by atoms with Crippen LogP contribution >= 0.6 is 0 Å². The molecule has 0 radical (unpaired) electrons. The van der Waals surface area contributed by atoms with Crippen molar-refractivity contribution in [1.82, 2.24) is 10.2 Å². The molecule has 0 fully saturated rings. The fourth-order valence-electron chi connectivity index (χ4n) is 2.41. The maximum atomic E-state index is 12.6. The molecule has 0 aliphatic heterocycles. The highest BCUT2D eigenvalue weighted by Crippen LogP contribution is 2.23. The van der Waals surface area contributed by atoms with E-state index in [0.29, 0.717) is 13.1 Å². The number of nitro groups is 2. The van der Waals surface area contributed by atoms with Crippen LogP contribution in [0.1, 0.15) is 38.1 Å². The summed E-state index contributed by atoms with van der Waals surface area (Å²) in [5.74, 6) is -1.30. The van der Waals surface area contributed by atoms with E-state index >= 15 is 0 Å². The van der Waals surface area contributed by atoms with E-state index < -0.39 is 33.2 Å². The molecule has 0 aliphatic carbocycles. The molecule has 10 heteroatoms. The zero-order chi connectivity index (χ0) is 20.0. The summed E-state index contributed by atoms with van der Waals surface area (Å²) >= 11 is 0. The van der Waals surface area contributed by atoms with Gasteiger partial charge in [-0.1, -0.05) is 13.8 Å². The number of carbonyl (C=O) groups is 2. The molecule has 1 atom stereocenters. The highest BCUT2D eigenvalue weighted by Gasteiger charge is 2.29. The zero-order valence-corrected chi connectivity index (χ0v) is 15.1. The first-order valence-electron chi connectivity index (χ1n) is 8.15. The van der Waals surface area contributed by atoms with Gasteiger partial charge in [-0.15, -0.1) is 0 Å². The second-order valence-electron chi connectivity index (χ2n) is 5.96. The Hall–Kier alpha value is -3.04. The van der Waals surface area contributed by atoms with Crippen LogP contribution in [0.5, 0.6) is 0 Å². The molecule has 1 aromatic carbocycles. The number of nitro benzene ring substituents is 2. The normalized spacial score (nSPS) is 11.7. The second kappa shape index (κ2) is 8.88. The monoisotopic (exact) mass is 366 g/mol. The minimum atomic E-state index is -0.847. The smallest absolute Gasteiger partial charge is 0.277 e. The Balaban J connectivity index is 3.19. The molecule has 0 saturated carbocycles. The Bertz CT molecular complexity index is 682. The number of hydrogen-bond acceptors (Lipinski definition) is 6. The number of nitrogens with zero attached hydrogens (tertiary/aromatic N) is 3. The summed E-state index contributed by atoms with van der Waals surface area (Å²) in [6.45, 7) is 8.06. The van der Waals surface area contributed by atoms with Crippen molar-refractivity contribution < 1.29 is 19.4 Å². The largest absolute Gasteiger partial charge is 0.341 e. The average Bonchev–Trinajstić information content (AvgIpc) is 2.59. The number of nitrogens with one attached hydrogen (secondary N) is 1. The molecule has 1 rings (SSSR count). The van der Waals surface area contributed by atoms with Crippen LogP contribution in [0.2, 0.25) is 0 Å². The predicted octanol–water partition coefficient (Wildman–Crippen LogP) is 2.13. The van der Waals surface area contributed by atoms with Crippen molar-refractivity contribution in [3.8, 4) is 0 Å². The van der Waals surface area contributed by atoms with E-state index in [0.717, 1.165) is 18.2 Å². The maximum absolute atomic E-state index is 12.6. The molecule has 0 saturated heterocycles. The lowest BCUT2D eigenvalue weighted by molar-refractivity contribution is -0.394. The topological polar surface area (TPSA) is 136 Å². The molecular weight excluding hydrogens is 344 g/mol. The maximum Gasteiger partial charge on any atom is 0.277 e. The lowest BCUT2D eigenvalue weighted by Gasteiger charge is -2.28. The standard InChI is InChI=1S/C16H22N4O6/c1-5-18(6-2)16(22)14(10(3)4)17-15(21)11-7-12(19(23)24)9-13(8-11)20(25)26/h7-10,14H,5-6H2,1-4H3,(H,17,21). The number of hydrogen-bond donors (Lipinski definition) is 1. The van der Waals surface area contributed by atoms with E-state index in [9.17, 15) is 29.8 Å². The molecular formula is C16H22N4O6. The van der Waals surface area contributed by atoms with Gasteiger partial charge in [0.1, 0.15) is 6.04 Å². The van der Waals surface area contributed by atoms with Crippen LogP contribution < -0.4 is 5.32 Å². The predicted molar refractivity (Wildman–Crippen MR) is 93.8 cm³/mol. The molecule has 2 amide bonds. The van der Waals surface area contributed by atoms with Crippen LogP contribution in [-0.2, 0) is 4.79 Å². The van der Waals surface area contributed by atoms with Gasteiger partial charge < -0.3 is 10.2 Å². The fourth-order valence-corrected chi connectivity index (χ4v) is 2.41. The first-order chi connectivity index (χ1) is 12.1. The Kier molecular flexibility index (Phi) is 7.17. The van der Waals surface area contributed by atoms with Crippen LogP contribution in [0.4, 0.5) is 11.4 Å². The van der Waals surface area contributed by atoms with Crippen molar-refractivity contribution in [3.05, 3.63) is 44.0 Å². The van der Waals surface area contributed by atoms with Crippen LogP contribution in [0.25, 0.3) is 0 Å². The lowest BCUT2D eigenvalue weighted by atomic mass is 10.0. The van der Waals surface area contributed by atoms with Gasteiger partial charge in [0, 0.05) is 25.2 Å². The van der Waals surface area contributed by atoms with E-state index in [1.807, 2.05) is 13.8 Å². The summed E-state index contributed by atoms with van der Waals surface area (Å²) in [5.41, 5.74) is -1.38. The van der Waals surface area contributed by atoms with Gasteiger partial charge in [0.15, 0.2) is 0 Å². The molecule has 0 heterocycles. The Labute approximate surface area is 150 Å². The molecule has 1 N–H and O–H groups in total. The number of likely N-dealkylation sites (N-methyl/N-ethyl adjacent to an activating group) is 1. The number of benzene rings is 1. The average molecular weight is 366 g/mol. The van der Waals surface area contributed by atoms with Gasteiger partial charge in [-0.25, -0.2) is 0 Å². The molecule has 1 unspecified atom stereocenters. The van der Waals surface area contributed by atoms with Gasteiger partial charge >= 0.3 is 0 Å². The van der Waals surface area contributed by atoms with Crippen molar-refractivity contribution in [1.29, 1.82) is 0 Å². The molecule has 10 nitrogen and oxygen atoms in total. The summed E-state index contributed by atoms with van der Waals surface area (Å²) in [6, 6.07) is 1.82. The van der Waals surface area contributed by atoms with E-state index in [4.69, 9.17) is 0 Å². The van der Waals surface area contributed by atoms with Crippen molar-refractivity contribution in [3.63, 3.8) is 0 Å². The van der Waals surface area contributed by atoms with Gasteiger partial charge in [-0.2, -0.15) is 0 Å². The SMILES string of the molecule is CCN(CC)C(=O)C(NC(=O)c1cc([N+](=O)[O-])cc([N+](=O)[O-])c1)C(C)C. The number of non-ortho nitro benzene ring substituents is 2. The highest BCUT2D eigenvalue weighted by molar-refractivity contribution is 5.98. The van der Waals surface area contributed by atoms with Crippen LogP contribution in [0, 0.1) is 26.1 Å². The Morgan fingerprint density at radius 3 is 1.85 bits per heavy atom. The van der Waals surface area contributed by atoms with Gasteiger partial charge in [0.05, 0.1) is 21.5 Å². The van der Waals surface area contributed by atoms with E-state index in [1.165, 1.54) is 0 Å². The third-order valence-electron chi connectivity index (χ3n) is 3.88. The Morgan fingerprint density at radius 2 is 1.50 bits per heavy atom. The summed E-state index contributed by atoms with van der Waals surface area (Å²) in [5, 5.41) is 24.4. The quantitative estimate of drug-likeness (QED) is 0.553. The van der Waals surface area contributed by atoms with Gasteiger partial charge in [0.25, 0.3) is 17.3 Å². The van der Waals surface area contributed by atoms with Crippen molar-refractivity contribution in [2.75, 3.05) is 13.1 Å². The first kappa shape index (κ1) is 21.0. The fraction of sp³-hybridized carbons (Fsp3) is 0.500.